The average molecular weight is 229 g/mol. The molecule has 1 rings (SSSR count). The second-order valence-electron chi connectivity index (χ2n) is 4.86. The van der Waals surface area contributed by atoms with Crippen molar-refractivity contribution in [2.45, 2.75) is 32.9 Å². The highest BCUT2D eigenvalue weighted by atomic mass is 32.2. The molecule has 1 heterocycles. The molecule has 2 atom stereocenters. The third kappa shape index (κ3) is 4.43. The summed E-state index contributed by atoms with van der Waals surface area (Å²) in [6, 6.07) is 0.973. The largest absolute Gasteiger partial charge is 0.361 e. The highest BCUT2D eigenvalue weighted by Crippen LogP contribution is 2.22. The number of nitrogens with zero attached hydrogens (tertiary/aromatic N) is 2. The third-order valence-corrected chi connectivity index (χ3v) is 3.46. The van der Waals surface area contributed by atoms with Crippen molar-refractivity contribution < 1.29 is 0 Å². The number of nitrogens with one attached hydrogen (secondary N) is 1. The van der Waals surface area contributed by atoms with Crippen molar-refractivity contribution in [2.75, 3.05) is 26.4 Å². The van der Waals surface area contributed by atoms with Crippen molar-refractivity contribution in [1.82, 2.24) is 10.2 Å². The molecule has 0 saturated carbocycles. The Labute approximate surface area is 97.7 Å². The summed E-state index contributed by atoms with van der Waals surface area (Å²) in [5.41, 5.74) is 0. The number of rotatable bonds is 4. The van der Waals surface area contributed by atoms with Gasteiger partial charge in [0, 0.05) is 18.3 Å². The number of amidine groups is 1. The number of hydrogen-bond acceptors (Lipinski definition) is 4. The van der Waals surface area contributed by atoms with Crippen LogP contribution < -0.4 is 5.32 Å². The van der Waals surface area contributed by atoms with E-state index < -0.39 is 0 Å². The van der Waals surface area contributed by atoms with Crippen LogP contribution in [0.1, 0.15) is 20.8 Å². The number of aliphatic imine (C=N–C) groups is 1. The average Bonchev–Trinajstić information content (AvgIpc) is 2.50. The second kappa shape index (κ2) is 5.75. The van der Waals surface area contributed by atoms with Crippen LogP contribution in [0.3, 0.4) is 0 Å². The first kappa shape index (κ1) is 12.8. The maximum Gasteiger partial charge on any atom is 0.157 e. The predicted molar refractivity (Wildman–Crippen MR) is 69.7 cm³/mol. The summed E-state index contributed by atoms with van der Waals surface area (Å²) in [5.74, 6) is 1.79. The van der Waals surface area contributed by atoms with Crippen LogP contribution in [0.2, 0.25) is 0 Å². The smallest absolute Gasteiger partial charge is 0.157 e. The van der Waals surface area contributed by atoms with Crippen molar-refractivity contribution in [2.24, 2.45) is 10.9 Å². The summed E-state index contributed by atoms with van der Waals surface area (Å²) < 4.78 is 0. The molecule has 0 bridgehead atoms. The van der Waals surface area contributed by atoms with Gasteiger partial charge in [-0.15, -0.1) is 0 Å². The standard InChI is InChI=1S/C11H23N3S/c1-8(2)10-7-15-11(13-10)12-9(3)6-14(4)5/h8-10H,6-7H2,1-5H3,(H,12,13). The van der Waals surface area contributed by atoms with Crippen LogP contribution >= 0.6 is 11.8 Å². The van der Waals surface area contributed by atoms with Gasteiger partial charge in [0.2, 0.25) is 0 Å². The van der Waals surface area contributed by atoms with Gasteiger partial charge in [0.15, 0.2) is 5.17 Å². The fourth-order valence-electron chi connectivity index (χ4n) is 1.61. The zero-order valence-electron chi connectivity index (χ0n) is 10.4. The number of likely N-dealkylation sites (N-methyl/N-ethyl adjacent to an activating group) is 1. The van der Waals surface area contributed by atoms with E-state index in [0.29, 0.717) is 18.0 Å². The molecule has 3 nitrogen and oxygen atoms in total. The molecule has 0 fully saturated rings. The van der Waals surface area contributed by atoms with Crippen LogP contribution in [0.15, 0.2) is 4.99 Å². The van der Waals surface area contributed by atoms with Gasteiger partial charge in [-0.05, 0) is 26.9 Å². The van der Waals surface area contributed by atoms with Gasteiger partial charge in [-0.1, -0.05) is 25.6 Å². The SMILES string of the molecule is CC(CN(C)C)NC1=NC(C(C)C)CS1. The topological polar surface area (TPSA) is 27.6 Å². The molecule has 4 heteroatoms. The Balaban J connectivity index is 2.36. The quantitative estimate of drug-likeness (QED) is 0.794. The zero-order valence-corrected chi connectivity index (χ0v) is 11.3. The first-order valence-corrected chi connectivity index (χ1v) is 6.59. The molecule has 0 radical (unpaired) electrons. The van der Waals surface area contributed by atoms with Crippen molar-refractivity contribution in [3.63, 3.8) is 0 Å². The Hall–Kier alpha value is -0.220. The third-order valence-electron chi connectivity index (χ3n) is 2.45. The van der Waals surface area contributed by atoms with Gasteiger partial charge < -0.3 is 10.2 Å². The Morgan fingerprint density at radius 2 is 2.13 bits per heavy atom. The molecule has 0 aliphatic carbocycles. The Morgan fingerprint density at radius 3 is 2.60 bits per heavy atom. The minimum atomic E-state index is 0.470. The molecule has 2 unspecified atom stereocenters. The molecule has 88 valence electrons. The van der Waals surface area contributed by atoms with Gasteiger partial charge >= 0.3 is 0 Å². The van der Waals surface area contributed by atoms with Crippen molar-refractivity contribution in [1.29, 1.82) is 0 Å². The zero-order chi connectivity index (χ0) is 11.4. The van der Waals surface area contributed by atoms with E-state index in [1.165, 1.54) is 0 Å². The minimum Gasteiger partial charge on any atom is -0.361 e. The molecule has 0 saturated heterocycles. The second-order valence-corrected chi connectivity index (χ2v) is 5.87. The van der Waals surface area contributed by atoms with Gasteiger partial charge in [-0.25, -0.2) is 0 Å². The maximum absolute atomic E-state index is 4.68. The molecular weight excluding hydrogens is 206 g/mol. The number of hydrogen-bond donors (Lipinski definition) is 1. The highest BCUT2D eigenvalue weighted by molar-refractivity contribution is 8.14. The normalized spacial score (nSPS) is 23.4. The molecule has 0 spiro atoms. The van der Waals surface area contributed by atoms with Gasteiger partial charge in [0.05, 0.1) is 6.04 Å². The van der Waals surface area contributed by atoms with E-state index in [2.05, 4.69) is 50.1 Å². The summed E-state index contributed by atoms with van der Waals surface area (Å²) >= 11 is 1.85. The van der Waals surface area contributed by atoms with E-state index >= 15 is 0 Å². The van der Waals surface area contributed by atoms with Gasteiger partial charge in [0.25, 0.3) is 0 Å². The van der Waals surface area contributed by atoms with Crippen LogP contribution in [-0.2, 0) is 0 Å². The lowest BCUT2D eigenvalue weighted by Crippen LogP contribution is -2.38. The Bertz CT molecular complexity index is 226. The van der Waals surface area contributed by atoms with E-state index in [1.54, 1.807) is 0 Å². The Kier molecular flexibility index (Phi) is 4.93. The van der Waals surface area contributed by atoms with Crippen LogP contribution in [0.5, 0.6) is 0 Å². The molecule has 15 heavy (non-hydrogen) atoms. The van der Waals surface area contributed by atoms with Crippen molar-refractivity contribution >= 4 is 16.9 Å². The molecule has 1 aliphatic heterocycles. The van der Waals surface area contributed by atoms with Gasteiger partial charge in [-0.2, -0.15) is 0 Å². The fourth-order valence-corrected chi connectivity index (χ4v) is 2.90. The summed E-state index contributed by atoms with van der Waals surface area (Å²) in [6.45, 7) is 7.72. The van der Waals surface area contributed by atoms with E-state index in [-0.39, 0.29) is 0 Å². The minimum absolute atomic E-state index is 0.470. The summed E-state index contributed by atoms with van der Waals surface area (Å²) in [6.07, 6.45) is 0. The highest BCUT2D eigenvalue weighted by Gasteiger charge is 2.21. The monoisotopic (exact) mass is 229 g/mol. The van der Waals surface area contributed by atoms with Crippen molar-refractivity contribution in [3.05, 3.63) is 0 Å². The van der Waals surface area contributed by atoms with E-state index in [4.69, 9.17) is 0 Å². The van der Waals surface area contributed by atoms with Crippen molar-refractivity contribution in [3.8, 4) is 0 Å². The Morgan fingerprint density at radius 1 is 1.47 bits per heavy atom. The molecule has 0 aromatic rings. The van der Waals surface area contributed by atoms with Crippen LogP contribution in [0.4, 0.5) is 0 Å². The van der Waals surface area contributed by atoms with Gasteiger partial charge in [-0.3, -0.25) is 4.99 Å². The van der Waals surface area contributed by atoms with E-state index in [1.807, 2.05) is 11.8 Å². The first-order valence-electron chi connectivity index (χ1n) is 5.61. The van der Waals surface area contributed by atoms with Crippen LogP contribution in [0, 0.1) is 5.92 Å². The van der Waals surface area contributed by atoms with E-state index in [9.17, 15) is 0 Å². The van der Waals surface area contributed by atoms with Crippen LogP contribution in [-0.4, -0.2) is 48.5 Å². The lowest BCUT2D eigenvalue weighted by Gasteiger charge is -2.18. The van der Waals surface area contributed by atoms with E-state index in [0.717, 1.165) is 17.5 Å². The van der Waals surface area contributed by atoms with Crippen LogP contribution in [0.25, 0.3) is 0 Å². The molecule has 1 N–H and O–H groups in total. The first-order chi connectivity index (χ1) is 6.99. The lowest BCUT2D eigenvalue weighted by atomic mass is 10.1. The lowest BCUT2D eigenvalue weighted by molar-refractivity contribution is 0.370. The molecule has 0 aromatic heterocycles. The maximum atomic E-state index is 4.68. The fraction of sp³-hybridized carbons (Fsp3) is 0.909. The van der Waals surface area contributed by atoms with Gasteiger partial charge in [0.1, 0.15) is 0 Å². The summed E-state index contributed by atoms with van der Waals surface area (Å²) in [4.78, 5) is 6.88. The summed E-state index contributed by atoms with van der Waals surface area (Å²) in [7, 11) is 4.19. The molecule has 0 aromatic carbocycles. The molecule has 1 aliphatic rings. The molecule has 0 amide bonds. The summed E-state index contributed by atoms with van der Waals surface area (Å²) in [5, 5.41) is 4.59. The predicted octanol–water partition coefficient (Wildman–Crippen LogP) is 1.65. The number of thioether (sulfide) groups is 1. The molecular formula is C11H23N3S.